The molecule has 3 unspecified atom stereocenters. The molecule has 0 aromatic heterocycles. The van der Waals surface area contributed by atoms with Crippen LogP contribution in [0.25, 0.3) is 0 Å². The number of nitrogens with zero attached hydrogens (tertiary/aromatic N) is 1. The van der Waals surface area contributed by atoms with Crippen LogP contribution in [0.5, 0.6) is 0 Å². The van der Waals surface area contributed by atoms with E-state index in [4.69, 9.17) is 5.73 Å². The minimum Gasteiger partial charge on any atom is -0.329 e. The Balaban J connectivity index is 2.11. The summed E-state index contributed by atoms with van der Waals surface area (Å²) < 4.78 is 0. The smallest absolute Gasteiger partial charge is 0.0360 e. The molecule has 3 atom stereocenters. The molecular formula is C11H22N2. The van der Waals surface area contributed by atoms with Crippen LogP contribution < -0.4 is 5.73 Å². The van der Waals surface area contributed by atoms with Crippen molar-refractivity contribution in [2.75, 3.05) is 13.1 Å². The SMILES string of the molecule is CC1CCCN1C1(CN)CCC1C. The third-order valence-electron chi connectivity index (χ3n) is 4.41. The van der Waals surface area contributed by atoms with E-state index >= 15 is 0 Å². The maximum Gasteiger partial charge on any atom is 0.0360 e. The summed E-state index contributed by atoms with van der Waals surface area (Å²) in [4.78, 5) is 2.68. The molecule has 1 aliphatic carbocycles. The van der Waals surface area contributed by atoms with Crippen LogP contribution in [0.1, 0.15) is 39.5 Å². The minimum atomic E-state index is 0.385. The van der Waals surface area contributed by atoms with Gasteiger partial charge in [0.1, 0.15) is 0 Å². The van der Waals surface area contributed by atoms with Gasteiger partial charge in [0.2, 0.25) is 0 Å². The molecular weight excluding hydrogens is 160 g/mol. The largest absolute Gasteiger partial charge is 0.329 e. The molecule has 2 fully saturated rings. The second-order valence-corrected chi connectivity index (χ2v) is 4.93. The van der Waals surface area contributed by atoms with Crippen molar-refractivity contribution < 1.29 is 0 Å². The van der Waals surface area contributed by atoms with Crippen molar-refractivity contribution in [1.29, 1.82) is 0 Å². The molecule has 1 heterocycles. The van der Waals surface area contributed by atoms with Crippen LogP contribution in [0.15, 0.2) is 0 Å². The van der Waals surface area contributed by atoms with Gasteiger partial charge in [0.05, 0.1) is 0 Å². The summed E-state index contributed by atoms with van der Waals surface area (Å²) in [7, 11) is 0. The van der Waals surface area contributed by atoms with Crippen molar-refractivity contribution in [3.05, 3.63) is 0 Å². The zero-order chi connectivity index (χ0) is 9.47. The maximum absolute atomic E-state index is 5.96. The van der Waals surface area contributed by atoms with Crippen LogP contribution in [0.2, 0.25) is 0 Å². The molecule has 0 amide bonds. The van der Waals surface area contributed by atoms with Gasteiger partial charge in [-0.1, -0.05) is 6.92 Å². The third kappa shape index (κ3) is 1.23. The Labute approximate surface area is 81.5 Å². The first-order chi connectivity index (χ1) is 6.20. The van der Waals surface area contributed by atoms with Crippen molar-refractivity contribution in [3.63, 3.8) is 0 Å². The van der Waals surface area contributed by atoms with Gasteiger partial charge in [0.15, 0.2) is 0 Å². The quantitative estimate of drug-likeness (QED) is 0.703. The zero-order valence-electron chi connectivity index (χ0n) is 8.92. The van der Waals surface area contributed by atoms with Gasteiger partial charge in [-0.3, -0.25) is 4.90 Å². The Hall–Kier alpha value is -0.0800. The Bertz CT molecular complexity index is 189. The first kappa shape index (κ1) is 9.47. The zero-order valence-corrected chi connectivity index (χ0v) is 8.92. The van der Waals surface area contributed by atoms with Crippen molar-refractivity contribution in [2.45, 2.75) is 51.1 Å². The predicted octanol–water partition coefficient (Wildman–Crippen LogP) is 1.60. The van der Waals surface area contributed by atoms with Gasteiger partial charge in [0, 0.05) is 18.1 Å². The van der Waals surface area contributed by atoms with Gasteiger partial charge >= 0.3 is 0 Å². The molecule has 76 valence electrons. The van der Waals surface area contributed by atoms with Crippen LogP contribution in [0, 0.1) is 5.92 Å². The molecule has 2 heteroatoms. The van der Waals surface area contributed by atoms with Gasteiger partial charge in [-0.2, -0.15) is 0 Å². The molecule has 2 N–H and O–H groups in total. The number of hydrogen-bond donors (Lipinski definition) is 1. The summed E-state index contributed by atoms with van der Waals surface area (Å²) >= 11 is 0. The topological polar surface area (TPSA) is 29.3 Å². The Morgan fingerprint density at radius 3 is 2.46 bits per heavy atom. The third-order valence-corrected chi connectivity index (χ3v) is 4.41. The molecule has 1 saturated carbocycles. The normalized spacial score (nSPS) is 46.4. The van der Waals surface area contributed by atoms with Gasteiger partial charge in [-0.05, 0) is 45.1 Å². The van der Waals surface area contributed by atoms with Crippen LogP contribution >= 0.6 is 0 Å². The van der Waals surface area contributed by atoms with E-state index in [9.17, 15) is 0 Å². The summed E-state index contributed by atoms with van der Waals surface area (Å²) in [6.45, 7) is 6.86. The van der Waals surface area contributed by atoms with Gasteiger partial charge in [-0.25, -0.2) is 0 Å². The van der Waals surface area contributed by atoms with E-state index < -0.39 is 0 Å². The van der Waals surface area contributed by atoms with Gasteiger partial charge in [0.25, 0.3) is 0 Å². The standard InChI is InChI=1S/C11H22N2/c1-9-5-6-11(9,8-12)13-7-3-4-10(13)2/h9-10H,3-8,12H2,1-2H3. The Morgan fingerprint density at radius 1 is 1.38 bits per heavy atom. The van der Waals surface area contributed by atoms with Gasteiger partial charge < -0.3 is 5.73 Å². The fourth-order valence-corrected chi connectivity index (χ4v) is 3.21. The fourth-order valence-electron chi connectivity index (χ4n) is 3.21. The van der Waals surface area contributed by atoms with E-state index in [-0.39, 0.29) is 0 Å². The van der Waals surface area contributed by atoms with E-state index in [1.807, 2.05) is 0 Å². The molecule has 0 aromatic carbocycles. The van der Waals surface area contributed by atoms with E-state index in [1.54, 1.807) is 0 Å². The summed E-state index contributed by atoms with van der Waals surface area (Å²) in [5.41, 5.74) is 6.34. The van der Waals surface area contributed by atoms with Gasteiger partial charge in [-0.15, -0.1) is 0 Å². The molecule has 1 aliphatic heterocycles. The molecule has 2 aliphatic rings. The van der Waals surface area contributed by atoms with Crippen LogP contribution in [0.4, 0.5) is 0 Å². The van der Waals surface area contributed by atoms with E-state index in [1.165, 1.54) is 32.2 Å². The Kier molecular flexibility index (Phi) is 2.37. The molecule has 0 radical (unpaired) electrons. The molecule has 13 heavy (non-hydrogen) atoms. The van der Waals surface area contributed by atoms with Crippen LogP contribution in [0.3, 0.4) is 0 Å². The maximum atomic E-state index is 5.96. The first-order valence-electron chi connectivity index (χ1n) is 5.67. The lowest BCUT2D eigenvalue weighted by molar-refractivity contribution is -0.0341. The second-order valence-electron chi connectivity index (χ2n) is 4.93. The average Bonchev–Trinajstić information content (AvgIpc) is 2.52. The van der Waals surface area contributed by atoms with E-state index in [0.717, 1.165) is 18.5 Å². The summed E-state index contributed by atoms with van der Waals surface area (Å²) in [5.74, 6) is 0.818. The molecule has 0 aromatic rings. The highest BCUT2D eigenvalue weighted by atomic mass is 15.3. The van der Waals surface area contributed by atoms with Crippen LogP contribution in [-0.2, 0) is 0 Å². The number of rotatable bonds is 2. The lowest BCUT2D eigenvalue weighted by Gasteiger charge is -2.55. The van der Waals surface area contributed by atoms with Crippen molar-refractivity contribution in [2.24, 2.45) is 11.7 Å². The minimum absolute atomic E-state index is 0.385. The van der Waals surface area contributed by atoms with E-state index in [2.05, 4.69) is 18.7 Å². The highest BCUT2D eigenvalue weighted by Crippen LogP contribution is 2.45. The fraction of sp³-hybridized carbons (Fsp3) is 1.00. The van der Waals surface area contributed by atoms with Crippen molar-refractivity contribution >= 4 is 0 Å². The van der Waals surface area contributed by atoms with E-state index in [0.29, 0.717) is 5.54 Å². The Morgan fingerprint density at radius 2 is 2.15 bits per heavy atom. The first-order valence-corrected chi connectivity index (χ1v) is 5.67. The molecule has 0 bridgehead atoms. The number of nitrogens with two attached hydrogens (primary N) is 1. The lowest BCUT2D eigenvalue weighted by Crippen LogP contribution is -2.64. The van der Waals surface area contributed by atoms with Crippen molar-refractivity contribution in [3.8, 4) is 0 Å². The number of hydrogen-bond acceptors (Lipinski definition) is 2. The predicted molar refractivity (Wildman–Crippen MR) is 55.6 cm³/mol. The molecule has 2 nitrogen and oxygen atoms in total. The molecule has 1 saturated heterocycles. The van der Waals surface area contributed by atoms with Crippen LogP contribution in [-0.4, -0.2) is 29.6 Å². The molecule has 2 rings (SSSR count). The summed E-state index contributed by atoms with van der Waals surface area (Å²) in [6, 6.07) is 0.770. The molecule has 0 spiro atoms. The second kappa shape index (κ2) is 3.25. The monoisotopic (exact) mass is 182 g/mol. The summed E-state index contributed by atoms with van der Waals surface area (Å²) in [5, 5.41) is 0. The lowest BCUT2D eigenvalue weighted by atomic mass is 9.66. The highest BCUT2D eigenvalue weighted by Gasteiger charge is 2.49. The summed E-state index contributed by atoms with van der Waals surface area (Å²) in [6.07, 6.45) is 5.44. The van der Waals surface area contributed by atoms with Crippen molar-refractivity contribution in [1.82, 2.24) is 4.90 Å². The average molecular weight is 182 g/mol. The number of likely N-dealkylation sites (tertiary alicyclic amines) is 1. The highest BCUT2D eigenvalue weighted by molar-refractivity contribution is 5.06.